The fourth-order valence-corrected chi connectivity index (χ4v) is 2.40. The average Bonchev–Trinajstić information content (AvgIpc) is 2.91. The van der Waals surface area contributed by atoms with E-state index < -0.39 is 5.91 Å². The molecule has 1 aromatic heterocycles. The van der Waals surface area contributed by atoms with Crippen LogP contribution in [-0.2, 0) is 17.8 Å². The quantitative estimate of drug-likeness (QED) is 0.783. The number of aromatic nitrogens is 2. The highest BCUT2D eigenvalue weighted by atomic mass is 16.2. The first-order valence-electron chi connectivity index (χ1n) is 7.81. The maximum absolute atomic E-state index is 11.8. The number of primary amides is 1. The Morgan fingerprint density at radius 2 is 2.00 bits per heavy atom. The van der Waals surface area contributed by atoms with Crippen molar-refractivity contribution in [3.05, 3.63) is 47.8 Å². The molecule has 6 nitrogen and oxygen atoms in total. The minimum atomic E-state index is -0.548. The van der Waals surface area contributed by atoms with E-state index in [2.05, 4.69) is 22.4 Å². The largest absolute Gasteiger partial charge is 0.364 e. The normalized spacial score (nSPS) is 10.5. The van der Waals surface area contributed by atoms with Gasteiger partial charge >= 0.3 is 0 Å². The van der Waals surface area contributed by atoms with Crippen LogP contribution in [0.25, 0.3) is 0 Å². The molecule has 2 aromatic rings. The van der Waals surface area contributed by atoms with E-state index in [1.165, 1.54) is 11.8 Å². The van der Waals surface area contributed by atoms with Gasteiger partial charge in [-0.15, -0.1) is 0 Å². The number of aryl methyl sites for hydroxylation is 1. The van der Waals surface area contributed by atoms with Gasteiger partial charge in [0.1, 0.15) is 5.69 Å². The summed E-state index contributed by atoms with van der Waals surface area (Å²) in [6, 6.07) is 10.1. The summed E-state index contributed by atoms with van der Waals surface area (Å²) in [5, 5.41) is 2.74. The Labute approximate surface area is 135 Å². The van der Waals surface area contributed by atoms with E-state index in [9.17, 15) is 9.59 Å². The van der Waals surface area contributed by atoms with Crippen LogP contribution in [0.5, 0.6) is 0 Å². The lowest BCUT2D eigenvalue weighted by atomic mass is 10.1. The molecule has 0 radical (unpaired) electrons. The van der Waals surface area contributed by atoms with Crippen LogP contribution < -0.4 is 11.1 Å². The maximum atomic E-state index is 11.8. The summed E-state index contributed by atoms with van der Waals surface area (Å²) >= 11 is 0. The number of carbonyl (C=O) groups is 2. The number of imidazole rings is 1. The van der Waals surface area contributed by atoms with Gasteiger partial charge in [0.2, 0.25) is 11.9 Å². The third-order valence-electron chi connectivity index (χ3n) is 3.53. The average molecular weight is 314 g/mol. The van der Waals surface area contributed by atoms with Crippen LogP contribution >= 0.6 is 0 Å². The number of nitrogens with two attached hydrogens (primary N) is 1. The third-order valence-corrected chi connectivity index (χ3v) is 3.53. The van der Waals surface area contributed by atoms with E-state index >= 15 is 0 Å². The van der Waals surface area contributed by atoms with Crippen molar-refractivity contribution in [1.29, 1.82) is 0 Å². The summed E-state index contributed by atoms with van der Waals surface area (Å²) in [6.07, 6.45) is 4.27. The van der Waals surface area contributed by atoms with Crippen molar-refractivity contribution < 1.29 is 9.59 Å². The molecule has 0 aliphatic heterocycles. The molecule has 0 saturated carbocycles. The zero-order valence-electron chi connectivity index (χ0n) is 13.3. The van der Waals surface area contributed by atoms with Gasteiger partial charge in [-0.3, -0.25) is 14.9 Å². The number of nitrogens with one attached hydrogen (secondary N) is 1. The van der Waals surface area contributed by atoms with Crippen molar-refractivity contribution in [3.63, 3.8) is 0 Å². The lowest BCUT2D eigenvalue weighted by Gasteiger charge is -2.11. The summed E-state index contributed by atoms with van der Waals surface area (Å²) in [7, 11) is 0. The Bertz CT molecular complexity index is 664. The van der Waals surface area contributed by atoms with Crippen molar-refractivity contribution in [1.82, 2.24) is 9.55 Å². The molecule has 0 atom stereocenters. The van der Waals surface area contributed by atoms with Gasteiger partial charge < -0.3 is 10.3 Å². The van der Waals surface area contributed by atoms with Crippen LogP contribution in [0.1, 0.15) is 42.2 Å². The standard InChI is InChI=1S/C17H22N4O2/c1-2-7-15(22)20-17-19-12-14(16(18)23)21(17)11-6-10-13-8-4-3-5-9-13/h3-5,8-9,12H,2,6-7,10-11H2,1H3,(H2,18,23)(H,19,20,22). The van der Waals surface area contributed by atoms with Crippen molar-refractivity contribution in [2.75, 3.05) is 5.32 Å². The Morgan fingerprint density at radius 3 is 2.65 bits per heavy atom. The van der Waals surface area contributed by atoms with Crippen LogP contribution in [0.2, 0.25) is 0 Å². The molecule has 0 spiro atoms. The number of benzene rings is 1. The van der Waals surface area contributed by atoms with Crippen molar-refractivity contribution >= 4 is 17.8 Å². The zero-order chi connectivity index (χ0) is 16.7. The second-order valence-electron chi connectivity index (χ2n) is 5.37. The van der Waals surface area contributed by atoms with E-state index in [1.807, 2.05) is 25.1 Å². The number of carbonyl (C=O) groups excluding carboxylic acids is 2. The monoisotopic (exact) mass is 314 g/mol. The molecule has 0 fully saturated rings. The molecule has 1 aromatic carbocycles. The highest BCUT2D eigenvalue weighted by Crippen LogP contribution is 2.13. The van der Waals surface area contributed by atoms with Gasteiger partial charge in [0.15, 0.2) is 0 Å². The molecule has 122 valence electrons. The van der Waals surface area contributed by atoms with Crippen molar-refractivity contribution in [3.8, 4) is 0 Å². The highest BCUT2D eigenvalue weighted by Gasteiger charge is 2.15. The van der Waals surface area contributed by atoms with Crippen LogP contribution in [0.15, 0.2) is 36.5 Å². The molecule has 0 aliphatic rings. The molecule has 1 heterocycles. The number of nitrogens with zero attached hydrogens (tertiary/aromatic N) is 2. The zero-order valence-corrected chi connectivity index (χ0v) is 13.3. The Kier molecular flexibility index (Phi) is 5.91. The van der Waals surface area contributed by atoms with Gasteiger partial charge in [-0.1, -0.05) is 37.3 Å². The van der Waals surface area contributed by atoms with E-state index in [0.717, 1.165) is 19.3 Å². The predicted octanol–water partition coefficient (Wildman–Crippen LogP) is 2.35. The van der Waals surface area contributed by atoms with E-state index in [-0.39, 0.29) is 5.91 Å². The number of anilines is 1. The second kappa shape index (κ2) is 8.12. The molecule has 23 heavy (non-hydrogen) atoms. The summed E-state index contributed by atoms with van der Waals surface area (Å²) in [4.78, 5) is 27.4. The van der Waals surface area contributed by atoms with Crippen molar-refractivity contribution in [2.45, 2.75) is 39.2 Å². The maximum Gasteiger partial charge on any atom is 0.267 e. The fourth-order valence-electron chi connectivity index (χ4n) is 2.40. The summed E-state index contributed by atoms with van der Waals surface area (Å²) in [6.45, 7) is 2.50. The lowest BCUT2D eigenvalue weighted by Crippen LogP contribution is -2.20. The third kappa shape index (κ3) is 4.67. The molecule has 2 rings (SSSR count). The van der Waals surface area contributed by atoms with Gasteiger partial charge in [-0.25, -0.2) is 4.98 Å². The molecular weight excluding hydrogens is 292 g/mol. The molecule has 2 amide bonds. The number of hydrogen-bond donors (Lipinski definition) is 2. The Morgan fingerprint density at radius 1 is 1.26 bits per heavy atom. The van der Waals surface area contributed by atoms with Gasteiger partial charge in [-0.2, -0.15) is 0 Å². The Balaban J connectivity index is 2.06. The van der Waals surface area contributed by atoms with Gasteiger partial charge in [-0.05, 0) is 24.8 Å². The van der Waals surface area contributed by atoms with Gasteiger partial charge in [0.05, 0.1) is 6.20 Å². The van der Waals surface area contributed by atoms with E-state index in [0.29, 0.717) is 24.6 Å². The SMILES string of the molecule is CCCC(=O)Nc1ncc(C(N)=O)n1CCCc1ccccc1. The predicted molar refractivity (Wildman–Crippen MR) is 89.0 cm³/mol. The molecule has 3 N–H and O–H groups in total. The van der Waals surface area contributed by atoms with Crippen LogP contribution in [-0.4, -0.2) is 21.4 Å². The number of rotatable bonds is 8. The molecule has 0 unspecified atom stereocenters. The minimum absolute atomic E-state index is 0.113. The topological polar surface area (TPSA) is 90.0 Å². The molecule has 0 bridgehead atoms. The fraction of sp³-hybridized carbons (Fsp3) is 0.353. The number of hydrogen-bond acceptors (Lipinski definition) is 3. The van der Waals surface area contributed by atoms with Crippen molar-refractivity contribution in [2.24, 2.45) is 5.73 Å². The number of amides is 2. The molecule has 0 saturated heterocycles. The van der Waals surface area contributed by atoms with E-state index in [4.69, 9.17) is 5.73 Å². The van der Waals surface area contributed by atoms with E-state index in [1.54, 1.807) is 4.57 Å². The van der Waals surface area contributed by atoms with Gasteiger partial charge in [0, 0.05) is 13.0 Å². The molecule has 6 heteroatoms. The van der Waals surface area contributed by atoms with Crippen LogP contribution in [0.3, 0.4) is 0 Å². The Hall–Kier alpha value is -2.63. The first-order chi connectivity index (χ1) is 11.1. The minimum Gasteiger partial charge on any atom is -0.364 e. The van der Waals surface area contributed by atoms with Crippen LogP contribution in [0.4, 0.5) is 5.95 Å². The van der Waals surface area contributed by atoms with Crippen LogP contribution in [0, 0.1) is 0 Å². The first kappa shape index (κ1) is 16.7. The summed E-state index contributed by atoms with van der Waals surface area (Å²) < 4.78 is 1.68. The second-order valence-corrected chi connectivity index (χ2v) is 5.37. The summed E-state index contributed by atoms with van der Waals surface area (Å²) in [5.41, 5.74) is 6.92. The smallest absolute Gasteiger partial charge is 0.267 e. The van der Waals surface area contributed by atoms with Gasteiger partial charge in [0.25, 0.3) is 5.91 Å². The highest BCUT2D eigenvalue weighted by molar-refractivity contribution is 5.93. The molecular formula is C17H22N4O2. The summed E-state index contributed by atoms with van der Waals surface area (Å²) in [5.74, 6) is -0.281. The lowest BCUT2D eigenvalue weighted by molar-refractivity contribution is -0.116. The first-order valence-corrected chi connectivity index (χ1v) is 7.81. The molecule has 0 aliphatic carbocycles.